The summed E-state index contributed by atoms with van der Waals surface area (Å²) in [6.45, 7) is 2.56. The Hall–Kier alpha value is -2.02. The average molecular weight is 945 g/mol. The number of esters is 2. The molecule has 0 saturated carbocycles. The molecule has 0 aliphatic carbocycles. The van der Waals surface area contributed by atoms with Crippen molar-refractivity contribution in [3.8, 4) is 0 Å². The van der Waals surface area contributed by atoms with Crippen LogP contribution >= 0.6 is 0 Å². The number of carbonyl (C=O) groups excluding carboxylic acids is 2. The van der Waals surface area contributed by atoms with Crippen molar-refractivity contribution in [3.05, 3.63) is 24.3 Å². The van der Waals surface area contributed by atoms with E-state index in [2.05, 4.69) is 38.2 Å². The van der Waals surface area contributed by atoms with Gasteiger partial charge in [0.1, 0.15) is 55.4 Å². The Morgan fingerprint density at radius 1 is 0.470 bits per heavy atom. The van der Waals surface area contributed by atoms with Gasteiger partial charge in [-0.25, -0.2) is 0 Å². The van der Waals surface area contributed by atoms with Crippen LogP contribution in [-0.2, 0) is 38.0 Å². The van der Waals surface area contributed by atoms with Crippen molar-refractivity contribution in [2.24, 2.45) is 0 Å². The van der Waals surface area contributed by atoms with Crippen LogP contribution in [0.3, 0.4) is 0 Å². The van der Waals surface area contributed by atoms with Gasteiger partial charge in [-0.3, -0.25) is 9.59 Å². The molecule has 2 aliphatic heterocycles. The number of hydrogen-bond donors (Lipinski definition) is 7. The van der Waals surface area contributed by atoms with E-state index in [-0.39, 0.29) is 26.1 Å². The van der Waals surface area contributed by atoms with E-state index in [4.69, 9.17) is 28.4 Å². The van der Waals surface area contributed by atoms with Crippen LogP contribution in [0, 0.1) is 0 Å². The maximum atomic E-state index is 13.0. The molecule has 2 heterocycles. The van der Waals surface area contributed by atoms with E-state index in [1.807, 2.05) is 0 Å². The molecule has 0 aromatic heterocycles. The summed E-state index contributed by atoms with van der Waals surface area (Å²) in [6.07, 6.45) is 22.0. The number of unbranched alkanes of at least 4 members (excludes halogenated alkanes) is 22. The second kappa shape index (κ2) is 38.8. The van der Waals surface area contributed by atoms with Crippen molar-refractivity contribution < 1.29 is 73.8 Å². The van der Waals surface area contributed by atoms with E-state index in [1.165, 1.54) is 103 Å². The zero-order valence-corrected chi connectivity index (χ0v) is 40.7. The molecule has 0 spiro atoms. The molecule has 15 heteroatoms. The molecular formula is C51H92O15. The lowest BCUT2D eigenvalue weighted by Gasteiger charge is -2.42. The van der Waals surface area contributed by atoms with Gasteiger partial charge in [-0.2, -0.15) is 0 Å². The second-order valence-electron chi connectivity index (χ2n) is 18.3. The van der Waals surface area contributed by atoms with Gasteiger partial charge < -0.3 is 64.2 Å². The maximum absolute atomic E-state index is 13.0. The van der Waals surface area contributed by atoms with Gasteiger partial charge in [0.25, 0.3) is 0 Å². The van der Waals surface area contributed by atoms with Crippen LogP contribution in [-0.4, -0.2) is 142 Å². The molecule has 386 valence electrons. The molecule has 11 atom stereocenters. The molecule has 0 aromatic rings. The molecule has 0 radical (unpaired) electrons. The number of ether oxygens (including phenoxy) is 6. The highest BCUT2D eigenvalue weighted by Gasteiger charge is 2.47. The summed E-state index contributed by atoms with van der Waals surface area (Å²) in [6, 6.07) is 0. The summed E-state index contributed by atoms with van der Waals surface area (Å²) in [5.41, 5.74) is 0. The van der Waals surface area contributed by atoms with Gasteiger partial charge in [-0.05, 0) is 64.2 Å². The Bertz CT molecular complexity index is 1250. The van der Waals surface area contributed by atoms with Gasteiger partial charge >= 0.3 is 11.9 Å². The third-order valence-electron chi connectivity index (χ3n) is 12.4. The van der Waals surface area contributed by atoms with Crippen LogP contribution in [0.25, 0.3) is 0 Å². The zero-order chi connectivity index (χ0) is 48.2. The molecule has 0 aromatic carbocycles. The molecule has 0 amide bonds. The normalized spacial score (nSPS) is 26.3. The Labute approximate surface area is 396 Å². The number of rotatable bonds is 40. The van der Waals surface area contributed by atoms with Gasteiger partial charge in [0.2, 0.25) is 0 Å². The van der Waals surface area contributed by atoms with Crippen molar-refractivity contribution in [1.29, 1.82) is 0 Å². The molecule has 2 aliphatic rings. The van der Waals surface area contributed by atoms with E-state index >= 15 is 0 Å². The third-order valence-corrected chi connectivity index (χ3v) is 12.4. The van der Waals surface area contributed by atoms with Crippen LogP contribution in [0.4, 0.5) is 0 Å². The summed E-state index contributed by atoms with van der Waals surface area (Å²) in [4.78, 5) is 25.7. The number of carbonyl (C=O) groups is 2. The highest BCUT2D eigenvalue weighted by molar-refractivity contribution is 5.70. The van der Waals surface area contributed by atoms with Crippen LogP contribution in [0.15, 0.2) is 24.3 Å². The Kier molecular flexibility index (Phi) is 35.3. The minimum atomic E-state index is -1.77. The molecular weight excluding hydrogens is 853 g/mol. The maximum Gasteiger partial charge on any atom is 0.306 e. The number of allylic oxidation sites excluding steroid dienone is 4. The fourth-order valence-corrected chi connectivity index (χ4v) is 8.09. The van der Waals surface area contributed by atoms with Crippen molar-refractivity contribution in [2.75, 3.05) is 26.4 Å². The summed E-state index contributed by atoms with van der Waals surface area (Å²) >= 11 is 0. The topological polar surface area (TPSA) is 231 Å². The highest BCUT2D eigenvalue weighted by Crippen LogP contribution is 2.26. The minimum absolute atomic E-state index is 0.146. The first kappa shape index (κ1) is 60.1. The van der Waals surface area contributed by atoms with Gasteiger partial charge in [-0.15, -0.1) is 0 Å². The summed E-state index contributed by atoms with van der Waals surface area (Å²) in [5.74, 6) is -0.944. The number of aliphatic hydroxyl groups excluding tert-OH is 7. The SMILES string of the molecule is CCCCCC/C=C/CCCCCCCCCC(=O)OC[C@H](CO[C@@H]1O[C@H](CO[C@@H]2O[C@H](CO)[C@H](O)C(O)C2O)[C@H](O)C(O)C1O)OC(=O)CCCCC/C=C/CCCCCCCCCC. The van der Waals surface area contributed by atoms with Crippen molar-refractivity contribution >= 4 is 11.9 Å². The van der Waals surface area contributed by atoms with Gasteiger partial charge in [-0.1, -0.05) is 141 Å². The first-order valence-electron chi connectivity index (χ1n) is 25.9. The van der Waals surface area contributed by atoms with Crippen molar-refractivity contribution in [2.45, 2.75) is 261 Å². The Morgan fingerprint density at radius 2 is 0.864 bits per heavy atom. The van der Waals surface area contributed by atoms with Crippen LogP contribution < -0.4 is 0 Å². The van der Waals surface area contributed by atoms with E-state index in [1.54, 1.807) is 0 Å². The second-order valence-corrected chi connectivity index (χ2v) is 18.3. The summed E-state index contributed by atoms with van der Waals surface area (Å²) < 4.78 is 33.6. The zero-order valence-electron chi connectivity index (χ0n) is 40.7. The molecule has 2 saturated heterocycles. The van der Waals surface area contributed by atoms with Crippen LogP contribution in [0.1, 0.15) is 194 Å². The van der Waals surface area contributed by atoms with Gasteiger partial charge in [0.15, 0.2) is 18.7 Å². The third kappa shape index (κ3) is 26.7. The highest BCUT2D eigenvalue weighted by atomic mass is 16.7. The van der Waals surface area contributed by atoms with E-state index < -0.39 is 92.7 Å². The van der Waals surface area contributed by atoms with E-state index in [9.17, 15) is 45.3 Å². The quantitative estimate of drug-likeness (QED) is 0.0184. The Morgan fingerprint density at radius 3 is 1.36 bits per heavy atom. The minimum Gasteiger partial charge on any atom is -0.462 e. The first-order chi connectivity index (χ1) is 32.0. The van der Waals surface area contributed by atoms with Crippen molar-refractivity contribution in [1.82, 2.24) is 0 Å². The first-order valence-corrected chi connectivity index (χ1v) is 25.9. The molecule has 66 heavy (non-hydrogen) atoms. The molecule has 0 bridgehead atoms. The van der Waals surface area contributed by atoms with Crippen LogP contribution in [0.2, 0.25) is 0 Å². The average Bonchev–Trinajstić information content (AvgIpc) is 3.31. The van der Waals surface area contributed by atoms with Crippen LogP contribution in [0.5, 0.6) is 0 Å². The van der Waals surface area contributed by atoms with E-state index in [0.29, 0.717) is 12.8 Å². The lowest BCUT2D eigenvalue weighted by molar-refractivity contribution is -0.332. The summed E-state index contributed by atoms with van der Waals surface area (Å²) in [5, 5.41) is 72.0. The number of hydrogen-bond acceptors (Lipinski definition) is 15. The standard InChI is InChI=1S/C51H92O15/c1-3-5-7-9-11-13-15-17-19-21-23-25-27-29-31-33-42(53)61-36-39(64-43(54)34-32-30-28-26-24-22-20-18-16-14-12-10-8-6-4-2)37-62-50-49(60)47(58)45(56)41(66-50)38-63-51-48(59)46(57)44(55)40(35-52)65-51/h13,15,22,24,39-41,44-52,55-60H,3-12,14,16-21,23,25-38H2,1-2H3/b15-13+,24-22+/t39-,40-,41-,44+,45+,46?,47?,48?,49?,50-,51-/m1/s1. The number of aliphatic hydroxyl groups is 7. The molecule has 7 N–H and O–H groups in total. The predicted molar refractivity (Wildman–Crippen MR) is 252 cm³/mol. The molecule has 2 fully saturated rings. The lowest BCUT2D eigenvalue weighted by Crippen LogP contribution is -2.61. The molecule has 4 unspecified atom stereocenters. The van der Waals surface area contributed by atoms with Gasteiger partial charge in [0.05, 0.1) is 19.8 Å². The smallest absolute Gasteiger partial charge is 0.306 e. The molecule has 15 nitrogen and oxygen atoms in total. The lowest BCUT2D eigenvalue weighted by atomic mass is 9.98. The van der Waals surface area contributed by atoms with Gasteiger partial charge in [0, 0.05) is 12.8 Å². The van der Waals surface area contributed by atoms with Crippen molar-refractivity contribution in [3.63, 3.8) is 0 Å². The fraction of sp³-hybridized carbons (Fsp3) is 0.882. The molecule has 2 rings (SSSR count). The largest absolute Gasteiger partial charge is 0.462 e. The van der Waals surface area contributed by atoms with E-state index in [0.717, 1.165) is 51.4 Å². The summed E-state index contributed by atoms with van der Waals surface area (Å²) in [7, 11) is 0. The predicted octanol–water partition coefficient (Wildman–Crippen LogP) is 7.16. The monoisotopic (exact) mass is 945 g/mol. The Balaban J connectivity index is 1.82. The fourth-order valence-electron chi connectivity index (χ4n) is 8.09.